The molecular formula is C23H29N3O2S2. The van der Waals surface area contributed by atoms with Crippen molar-refractivity contribution in [3.05, 3.63) is 59.7 Å². The Hall–Kier alpha value is -2.25. The van der Waals surface area contributed by atoms with Crippen LogP contribution in [0.25, 0.3) is 11.3 Å². The summed E-state index contributed by atoms with van der Waals surface area (Å²) in [6.45, 7) is 2.16. The largest absolute Gasteiger partial charge is 0.332 e. The third-order valence-electron chi connectivity index (χ3n) is 4.93. The fourth-order valence-corrected chi connectivity index (χ4v) is 5.29. The molecule has 1 aromatic carbocycles. The van der Waals surface area contributed by atoms with Crippen LogP contribution in [0.2, 0.25) is 0 Å². The lowest BCUT2D eigenvalue weighted by Gasteiger charge is -2.07. The summed E-state index contributed by atoms with van der Waals surface area (Å²) in [6, 6.07) is 11.8. The van der Waals surface area contributed by atoms with Gasteiger partial charge in [-0.2, -0.15) is 0 Å². The first-order valence-electron chi connectivity index (χ1n) is 10.5. The molecule has 0 radical (unpaired) electrons. The van der Waals surface area contributed by atoms with Gasteiger partial charge in [0.1, 0.15) is 0 Å². The van der Waals surface area contributed by atoms with Crippen LogP contribution >= 0.6 is 11.3 Å². The first kappa shape index (κ1) is 22.4. The summed E-state index contributed by atoms with van der Waals surface area (Å²) in [6.07, 6.45) is 9.37. The SMILES string of the molecule is CCCCCCCS(=O)(=O)CCc1ccc(Nc2nc(-c3cccnc3)cs2)cc1. The van der Waals surface area contributed by atoms with Crippen LogP contribution in [0.3, 0.4) is 0 Å². The van der Waals surface area contributed by atoms with Gasteiger partial charge in [-0.05, 0) is 42.7 Å². The monoisotopic (exact) mass is 443 g/mol. The Morgan fingerprint density at radius 3 is 2.53 bits per heavy atom. The van der Waals surface area contributed by atoms with Crippen molar-refractivity contribution >= 4 is 32.0 Å². The molecule has 0 aliphatic carbocycles. The van der Waals surface area contributed by atoms with Crippen molar-refractivity contribution in [1.29, 1.82) is 0 Å². The van der Waals surface area contributed by atoms with Crippen molar-refractivity contribution < 1.29 is 8.42 Å². The molecule has 0 spiro atoms. The summed E-state index contributed by atoms with van der Waals surface area (Å²) in [7, 11) is -2.98. The number of thiazole rings is 1. The maximum atomic E-state index is 12.2. The lowest BCUT2D eigenvalue weighted by atomic mass is 10.1. The highest BCUT2D eigenvalue weighted by Crippen LogP contribution is 2.26. The Morgan fingerprint density at radius 2 is 1.80 bits per heavy atom. The van der Waals surface area contributed by atoms with Crippen molar-refractivity contribution in [3.63, 3.8) is 0 Å². The maximum Gasteiger partial charge on any atom is 0.187 e. The summed E-state index contributed by atoms with van der Waals surface area (Å²) < 4.78 is 24.5. The van der Waals surface area contributed by atoms with Crippen molar-refractivity contribution in [2.24, 2.45) is 0 Å². The maximum absolute atomic E-state index is 12.2. The smallest absolute Gasteiger partial charge is 0.187 e. The molecule has 0 saturated heterocycles. The van der Waals surface area contributed by atoms with Gasteiger partial charge in [0.15, 0.2) is 15.0 Å². The molecule has 0 unspecified atom stereocenters. The zero-order valence-corrected chi connectivity index (χ0v) is 19.0. The lowest BCUT2D eigenvalue weighted by Crippen LogP contribution is -2.13. The van der Waals surface area contributed by atoms with E-state index in [1.165, 1.54) is 12.8 Å². The standard InChI is InChI=1S/C23H29N3O2S2/c1-2-3-4-5-6-15-30(27,28)16-13-19-9-11-21(12-10-19)25-23-26-22(18-29-23)20-8-7-14-24-17-20/h7-12,14,17-18H,2-6,13,15-16H2,1H3,(H,25,26). The third kappa shape index (κ3) is 7.22. The number of unbranched alkanes of at least 4 members (excludes halogenated alkanes) is 4. The second-order valence-electron chi connectivity index (χ2n) is 7.42. The van der Waals surface area contributed by atoms with Crippen LogP contribution in [0.5, 0.6) is 0 Å². The van der Waals surface area contributed by atoms with E-state index in [1.807, 2.05) is 41.8 Å². The van der Waals surface area contributed by atoms with Gasteiger partial charge in [0.2, 0.25) is 0 Å². The van der Waals surface area contributed by atoms with E-state index in [2.05, 4.69) is 22.2 Å². The van der Waals surface area contributed by atoms with Crippen LogP contribution in [0, 0.1) is 0 Å². The Morgan fingerprint density at radius 1 is 1.00 bits per heavy atom. The quantitative estimate of drug-likeness (QED) is 0.354. The van der Waals surface area contributed by atoms with E-state index in [0.717, 1.165) is 46.9 Å². The van der Waals surface area contributed by atoms with E-state index in [1.54, 1.807) is 23.7 Å². The lowest BCUT2D eigenvalue weighted by molar-refractivity contribution is 0.586. The number of pyridine rings is 1. The number of anilines is 2. The average molecular weight is 444 g/mol. The van der Waals surface area contributed by atoms with E-state index < -0.39 is 9.84 Å². The van der Waals surface area contributed by atoms with Crippen molar-refractivity contribution in [3.8, 4) is 11.3 Å². The van der Waals surface area contributed by atoms with Crippen LogP contribution < -0.4 is 5.32 Å². The highest BCUT2D eigenvalue weighted by Gasteiger charge is 2.11. The molecule has 0 fully saturated rings. The first-order valence-corrected chi connectivity index (χ1v) is 13.2. The second kappa shape index (κ2) is 11.2. The molecule has 7 heteroatoms. The third-order valence-corrected chi connectivity index (χ3v) is 7.42. The van der Waals surface area contributed by atoms with E-state index in [-0.39, 0.29) is 5.75 Å². The zero-order chi connectivity index (χ0) is 21.2. The highest BCUT2D eigenvalue weighted by molar-refractivity contribution is 7.91. The molecule has 0 aliphatic rings. The van der Waals surface area contributed by atoms with Crippen molar-refractivity contribution in [2.45, 2.75) is 45.4 Å². The van der Waals surface area contributed by atoms with Crippen LogP contribution in [-0.2, 0) is 16.3 Å². The number of hydrogen-bond donors (Lipinski definition) is 1. The number of aryl methyl sites for hydroxylation is 1. The van der Waals surface area contributed by atoms with E-state index in [4.69, 9.17) is 0 Å². The summed E-state index contributed by atoms with van der Waals surface area (Å²) in [5.41, 5.74) is 3.85. The van der Waals surface area contributed by atoms with Gasteiger partial charge in [-0.15, -0.1) is 11.3 Å². The Bertz CT molecular complexity index is 1000. The highest BCUT2D eigenvalue weighted by atomic mass is 32.2. The number of nitrogens with zero attached hydrogens (tertiary/aromatic N) is 2. The van der Waals surface area contributed by atoms with Crippen molar-refractivity contribution in [2.75, 3.05) is 16.8 Å². The summed E-state index contributed by atoms with van der Waals surface area (Å²) in [5, 5.41) is 6.12. The summed E-state index contributed by atoms with van der Waals surface area (Å²) in [5.74, 6) is 0.522. The molecule has 2 aromatic heterocycles. The van der Waals surface area contributed by atoms with E-state index in [9.17, 15) is 8.42 Å². The van der Waals surface area contributed by atoms with Crippen molar-refractivity contribution in [1.82, 2.24) is 9.97 Å². The van der Waals surface area contributed by atoms with E-state index in [0.29, 0.717) is 12.2 Å². The minimum absolute atomic E-state index is 0.217. The van der Waals surface area contributed by atoms with Crippen LogP contribution in [0.1, 0.15) is 44.6 Å². The zero-order valence-electron chi connectivity index (χ0n) is 17.4. The van der Waals surface area contributed by atoms with Gasteiger partial charge in [-0.1, -0.05) is 44.7 Å². The Labute approximate surface area is 183 Å². The number of benzene rings is 1. The van der Waals surface area contributed by atoms with Crippen LogP contribution in [0.15, 0.2) is 54.2 Å². The fraction of sp³-hybridized carbons (Fsp3) is 0.391. The van der Waals surface area contributed by atoms with Gasteiger partial charge in [-0.25, -0.2) is 13.4 Å². The molecule has 0 saturated carbocycles. The molecule has 160 valence electrons. The van der Waals surface area contributed by atoms with E-state index >= 15 is 0 Å². The minimum Gasteiger partial charge on any atom is -0.332 e. The van der Waals surface area contributed by atoms with Gasteiger partial charge in [0.25, 0.3) is 0 Å². The molecule has 0 bridgehead atoms. The molecule has 1 N–H and O–H groups in total. The van der Waals surface area contributed by atoms with Gasteiger partial charge in [-0.3, -0.25) is 4.98 Å². The van der Waals surface area contributed by atoms with Gasteiger partial charge in [0.05, 0.1) is 17.2 Å². The molecular weight excluding hydrogens is 414 g/mol. The number of rotatable bonds is 12. The second-order valence-corrected chi connectivity index (χ2v) is 10.6. The van der Waals surface area contributed by atoms with Gasteiger partial charge >= 0.3 is 0 Å². The van der Waals surface area contributed by atoms with Gasteiger partial charge < -0.3 is 5.32 Å². The Balaban J connectivity index is 1.48. The number of hydrogen-bond acceptors (Lipinski definition) is 6. The molecule has 0 amide bonds. The number of nitrogens with one attached hydrogen (secondary N) is 1. The molecule has 2 heterocycles. The molecule has 3 aromatic rings. The average Bonchev–Trinajstić information content (AvgIpc) is 3.22. The Kier molecular flexibility index (Phi) is 8.39. The fourth-order valence-electron chi connectivity index (χ4n) is 3.16. The topological polar surface area (TPSA) is 72.0 Å². The molecule has 30 heavy (non-hydrogen) atoms. The normalized spacial score (nSPS) is 11.5. The molecule has 0 atom stereocenters. The predicted octanol–water partition coefficient (Wildman–Crippen LogP) is 5.88. The van der Waals surface area contributed by atoms with Gasteiger partial charge in [0, 0.05) is 29.0 Å². The predicted molar refractivity (Wildman–Crippen MR) is 126 cm³/mol. The number of sulfone groups is 1. The molecule has 3 rings (SSSR count). The summed E-state index contributed by atoms with van der Waals surface area (Å²) in [4.78, 5) is 8.73. The van der Waals surface area contributed by atoms with Crippen LogP contribution in [-0.4, -0.2) is 29.9 Å². The van der Waals surface area contributed by atoms with Crippen LogP contribution in [0.4, 0.5) is 10.8 Å². The first-order chi connectivity index (χ1) is 14.6. The molecule has 5 nitrogen and oxygen atoms in total. The minimum atomic E-state index is -2.98. The summed E-state index contributed by atoms with van der Waals surface area (Å²) >= 11 is 1.54. The molecule has 0 aliphatic heterocycles. The number of aromatic nitrogens is 2.